The van der Waals surface area contributed by atoms with Gasteiger partial charge in [0.25, 0.3) is 5.91 Å². The van der Waals surface area contributed by atoms with Crippen molar-refractivity contribution in [3.63, 3.8) is 0 Å². The Morgan fingerprint density at radius 1 is 1.25 bits per heavy atom. The molecule has 0 bridgehead atoms. The minimum absolute atomic E-state index is 0.176. The number of aromatic nitrogens is 2. The second-order valence-electron chi connectivity index (χ2n) is 9.39. The Labute approximate surface area is 187 Å². The lowest BCUT2D eigenvalue weighted by Gasteiger charge is -2.40. The Balaban J connectivity index is 1.81. The van der Waals surface area contributed by atoms with Gasteiger partial charge in [-0.05, 0) is 56.0 Å². The fourth-order valence-corrected chi connectivity index (χ4v) is 4.20. The first-order valence-corrected chi connectivity index (χ1v) is 11.0. The Morgan fingerprint density at radius 2 is 2.00 bits per heavy atom. The molecule has 0 atom stereocenters. The summed E-state index contributed by atoms with van der Waals surface area (Å²) in [6, 6.07) is 8.78. The molecule has 0 unspecified atom stereocenters. The van der Waals surface area contributed by atoms with Crippen molar-refractivity contribution in [1.29, 1.82) is 0 Å². The van der Waals surface area contributed by atoms with Crippen molar-refractivity contribution >= 4 is 22.8 Å². The topological polar surface area (TPSA) is 67.2 Å². The van der Waals surface area contributed by atoms with Crippen molar-refractivity contribution in [1.82, 2.24) is 19.8 Å². The molecule has 32 heavy (non-hydrogen) atoms. The molecule has 1 aliphatic rings. The van der Waals surface area contributed by atoms with E-state index < -0.39 is 5.54 Å². The van der Waals surface area contributed by atoms with Crippen molar-refractivity contribution in [2.24, 2.45) is 5.92 Å². The molecule has 1 aromatic carbocycles. The number of nitrogens with one attached hydrogen (secondary N) is 1. The highest BCUT2D eigenvalue weighted by atomic mass is 19.1. The van der Waals surface area contributed by atoms with Crippen molar-refractivity contribution in [3.05, 3.63) is 53.6 Å². The Morgan fingerprint density at radius 3 is 2.69 bits per heavy atom. The summed E-state index contributed by atoms with van der Waals surface area (Å²) >= 11 is 0. The minimum atomic E-state index is -0.948. The van der Waals surface area contributed by atoms with E-state index in [-0.39, 0.29) is 17.6 Å². The van der Waals surface area contributed by atoms with E-state index in [1.807, 2.05) is 22.9 Å². The molecule has 2 aromatic heterocycles. The van der Waals surface area contributed by atoms with Crippen LogP contribution in [0, 0.1) is 18.7 Å². The van der Waals surface area contributed by atoms with E-state index in [2.05, 4.69) is 19.2 Å². The number of aryl methyl sites for hydroxylation is 1. The van der Waals surface area contributed by atoms with E-state index in [9.17, 15) is 14.0 Å². The SMILES string of the molecule is Cc1ccc(-c2cn(CC(C)C)c3nc(C(=O)N4CCNC(=O)C4(C)C)ccc23)cc1F. The number of nitrogens with zero attached hydrogens (tertiary/aromatic N) is 3. The molecule has 6 nitrogen and oxygen atoms in total. The van der Waals surface area contributed by atoms with Gasteiger partial charge in [-0.1, -0.05) is 26.0 Å². The predicted octanol–water partition coefficient (Wildman–Crippen LogP) is 4.16. The van der Waals surface area contributed by atoms with Gasteiger partial charge in [-0.15, -0.1) is 0 Å². The molecule has 3 aromatic rings. The van der Waals surface area contributed by atoms with Gasteiger partial charge >= 0.3 is 0 Å². The van der Waals surface area contributed by atoms with Gasteiger partial charge in [0, 0.05) is 36.8 Å². The van der Waals surface area contributed by atoms with Crippen LogP contribution in [-0.2, 0) is 11.3 Å². The molecule has 1 N–H and O–H groups in total. The molecular weight excluding hydrogens is 407 g/mol. The van der Waals surface area contributed by atoms with Crippen LogP contribution in [0.4, 0.5) is 4.39 Å². The summed E-state index contributed by atoms with van der Waals surface area (Å²) in [4.78, 5) is 31.9. The summed E-state index contributed by atoms with van der Waals surface area (Å²) in [5, 5.41) is 3.67. The van der Waals surface area contributed by atoms with Crippen LogP contribution in [0.3, 0.4) is 0 Å². The Bertz CT molecular complexity index is 1210. The summed E-state index contributed by atoms with van der Waals surface area (Å²) in [5.41, 5.74) is 2.28. The lowest BCUT2D eigenvalue weighted by molar-refractivity contribution is -0.133. The molecule has 2 amide bonds. The number of fused-ring (bicyclic) bond motifs is 1. The maximum Gasteiger partial charge on any atom is 0.273 e. The molecule has 7 heteroatoms. The van der Waals surface area contributed by atoms with Gasteiger partial charge in [-0.3, -0.25) is 9.59 Å². The van der Waals surface area contributed by atoms with Crippen LogP contribution >= 0.6 is 0 Å². The second kappa shape index (κ2) is 8.04. The molecular formula is C25H29FN4O2. The van der Waals surface area contributed by atoms with E-state index in [4.69, 9.17) is 4.98 Å². The van der Waals surface area contributed by atoms with Gasteiger partial charge in [0.05, 0.1) is 0 Å². The number of amides is 2. The third-order valence-corrected chi connectivity index (χ3v) is 6.08. The minimum Gasteiger partial charge on any atom is -0.352 e. The van der Waals surface area contributed by atoms with Crippen molar-refractivity contribution in [2.45, 2.75) is 46.7 Å². The maximum atomic E-state index is 14.3. The van der Waals surface area contributed by atoms with Gasteiger partial charge < -0.3 is 14.8 Å². The molecule has 168 valence electrons. The molecule has 0 aliphatic carbocycles. The molecule has 1 fully saturated rings. The van der Waals surface area contributed by atoms with Crippen LogP contribution in [0.1, 0.15) is 43.7 Å². The molecule has 0 saturated carbocycles. The van der Waals surface area contributed by atoms with E-state index in [0.29, 0.717) is 42.5 Å². The smallest absolute Gasteiger partial charge is 0.273 e. The number of benzene rings is 1. The number of carbonyl (C=O) groups is 2. The molecule has 1 saturated heterocycles. The van der Waals surface area contributed by atoms with Gasteiger partial charge in [-0.2, -0.15) is 0 Å². The standard InChI is InChI=1S/C25H29FN4O2/c1-15(2)13-29-14-19(17-7-6-16(3)20(26)12-17)18-8-9-21(28-22(18)29)23(31)30-11-10-27-24(32)25(30,4)5/h6-9,12,14-15H,10-11,13H2,1-5H3,(H,27,32). The number of halogens is 1. The maximum absolute atomic E-state index is 14.3. The average Bonchev–Trinajstić information content (AvgIpc) is 3.08. The molecule has 0 radical (unpaired) electrons. The molecule has 0 spiro atoms. The molecule has 1 aliphatic heterocycles. The Kier molecular flexibility index (Phi) is 5.53. The van der Waals surface area contributed by atoms with Crippen molar-refractivity contribution < 1.29 is 14.0 Å². The number of rotatable bonds is 4. The summed E-state index contributed by atoms with van der Waals surface area (Å²) < 4.78 is 16.3. The van der Waals surface area contributed by atoms with Crippen molar-refractivity contribution in [2.75, 3.05) is 13.1 Å². The van der Waals surface area contributed by atoms with Crippen LogP contribution in [-0.4, -0.2) is 44.9 Å². The largest absolute Gasteiger partial charge is 0.352 e. The summed E-state index contributed by atoms with van der Waals surface area (Å²) in [5.74, 6) is -0.339. The van der Waals surface area contributed by atoms with Gasteiger partial charge in [0.15, 0.2) is 0 Å². The van der Waals surface area contributed by atoms with Crippen LogP contribution in [0.25, 0.3) is 22.2 Å². The first-order chi connectivity index (χ1) is 15.1. The average molecular weight is 437 g/mol. The van der Waals surface area contributed by atoms with Crippen LogP contribution in [0.5, 0.6) is 0 Å². The van der Waals surface area contributed by atoms with Crippen LogP contribution in [0.2, 0.25) is 0 Å². The third kappa shape index (κ3) is 3.76. The number of carbonyl (C=O) groups excluding carboxylic acids is 2. The second-order valence-corrected chi connectivity index (χ2v) is 9.39. The van der Waals surface area contributed by atoms with Crippen molar-refractivity contribution in [3.8, 4) is 11.1 Å². The highest BCUT2D eigenvalue weighted by Gasteiger charge is 2.41. The zero-order valence-electron chi connectivity index (χ0n) is 19.2. The highest BCUT2D eigenvalue weighted by molar-refractivity contribution is 6.01. The summed E-state index contributed by atoms with van der Waals surface area (Å²) in [7, 11) is 0. The number of piperazine rings is 1. The van der Waals surface area contributed by atoms with Crippen LogP contribution in [0.15, 0.2) is 36.5 Å². The molecule has 3 heterocycles. The first-order valence-electron chi connectivity index (χ1n) is 11.0. The number of hydrogen-bond acceptors (Lipinski definition) is 3. The van der Waals surface area contributed by atoms with Gasteiger partial charge in [0.2, 0.25) is 5.91 Å². The fourth-order valence-electron chi connectivity index (χ4n) is 4.20. The van der Waals surface area contributed by atoms with E-state index >= 15 is 0 Å². The monoisotopic (exact) mass is 436 g/mol. The third-order valence-electron chi connectivity index (χ3n) is 6.08. The highest BCUT2D eigenvalue weighted by Crippen LogP contribution is 2.32. The summed E-state index contributed by atoms with van der Waals surface area (Å²) in [6.45, 7) is 11.0. The lowest BCUT2D eigenvalue weighted by Crippen LogP contribution is -2.63. The molecule has 4 rings (SSSR count). The first kappa shape index (κ1) is 22.0. The summed E-state index contributed by atoms with van der Waals surface area (Å²) in [6.07, 6.45) is 1.98. The van der Waals surface area contributed by atoms with Crippen LogP contribution < -0.4 is 5.32 Å². The zero-order valence-corrected chi connectivity index (χ0v) is 19.2. The predicted molar refractivity (Wildman–Crippen MR) is 123 cm³/mol. The normalized spacial score (nSPS) is 16.0. The van der Waals surface area contributed by atoms with Gasteiger partial charge in [0.1, 0.15) is 22.7 Å². The lowest BCUT2D eigenvalue weighted by atomic mass is 9.98. The van der Waals surface area contributed by atoms with E-state index in [1.54, 1.807) is 37.8 Å². The van der Waals surface area contributed by atoms with E-state index in [0.717, 1.165) is 16.5 Å². The number of hydrogen-bond donors (Lipinski definition) is 1. The van der Waals surface area contributed by atoms with Gasteiger partial charge in [-0.25, -0.2) is 9.37 Å². The zero-order chi connectivity index (χ0) is 23.2. The number of pyridine rings is 1. The Hall–Kier alpha value is -3.22. The van der Waals surface area contributed by atoms with E-state index in [1.165, 1.54) is 6.07 Å². The fraction of sp³-hybridized carbons (Fsp3) is 0.400. The quantitative estimate of drug-likeness (QED) is 0.668.